The molecule has 1 aromatic heterocycles. The van der Waals surface area contributed by atoms with Crippen molar-refractivity contribution >= 4 is 22.8 Å². The molecule has 1 fully saturated rings. The molecule has 0 radical (unpaired) electrons. The van der Waals surface area contributed by atoms with Crippen LogP contribution in [0.2, 0.25) is 0 Å². The number of carbonyl (C=O) groups is 1. The number of carbonyl (C=O) groups excluding carboxylic acids is 1. The molecule has 16 heteroatoms. The Morgan fingerprint density at radius 1 is 1.12 bits per heavy atom. The molecule has 0 saturated carbocycles. The van der Waals surface area contributed by atoms with Gasteiger partial charge in [0.05, 0.1) is 16.6 Å². The van der Waals surface area contributed by atoms with E-state index in [1.165, 1.54) is 6.07 Å². The van der Waals surface area contributed by atoms with Crippen molar-refractivity contribution in [1.29, 1.82) is 0 Å². The van der Waals surface area contributed by atoms with Crippen LogP contribution in [-0.2, 0) is 9.53 Å². The van der Waals surface area contributed by atoms with Gasteiger partial charge < -0.3 is 35.7 Å². The first-order chi connectivity index (χ1) is 20.2. The minimum absolute atomic E-state index is 0.0227. The summed E-state index contributed by atoms with van der Waals surface area (Å²) >= 11 is 0. The Labute approximate surface area is 243 Å². The van der Waals surface area contributed by atoms with Crippen LogP contribution in [0.15, 0.2) is 29.4 Å². The third kappa shape index (κ3) is 10.2. The van der Waals surface area contributed by atoms with Crippen molar-refractivity contribution in [2.45, 2.75) is 83.1 Å². The molecule has 1 aliphatic rings. The molecule has 234 valence electrons. The molecule has 1 saturated heterocycles. The number of para-hydroxylation sites is 2. The van der Waals surface area contributed by atoms with Crippen molar-refractivity contribution in [3.8, 4) is 0 Å². The molecule has 0 bridgehead atoms. The first-order valence-corrected chi connectivity index (χ1v) is 14.2. The predicted molar refractivity (Wildman–Crippen MR) is 152 cm³/mol. The fraction of sp³-hybridized carbons (Fsp3) is 0.692. The van der Waals surface area contributed by atoms with Gasteiger partial charge in [-0.15, -0.1) is 4.73 Å². The number of azide groups is 1. The van der Waals surface area contributed by atoms with Gasteiger partial charge in [0, 0.05) is 37.0 Å². The number of aliphatic hydroxyl groups is 4. The van der Waals surface area contributed by atoms with Gasteiger partial charge in [-0.1, -0.05) is 43.9 Å². The number of nitrogens with one attached hydrogen (secondary N) is 1. The van der Waals surface area contributed by atoms with Crippen LogP contribution in [0.25, 0.3) is 21.5 Å². The van der Waals surface area contributed by atoms with Gasteiger partial charge in [-0.25, -0.2) is 0 Å². The number of Topliss-reactive ketones (excluding diaryl/α,β-unsaturated/α-hetero) is 1. The molecule has 42 heavy (non-hydrogen) atoms. The number of anilines is 1. The molecule has 16 nitrogen and oxygen atoms in total. The number of unbranched alkanes of at least 4 members (excludes halogenated alkanes) is 3. The Morgan fingerprint density at radius 2 is 1.83 bits per heavy atom. The quantitative estimate of drug-likeness (QED) is 0.0399. The zero-order valence-electron chi connectivity index (χ0n) is 24.1. The lowest BCUT2D eigenvalue weighted by Gasteiger charge is -2.40. The van der Waals surface area contributed by atoms with Gasteiger partial charge in [-0.05, 0) is 37.4 Å². The first kappa shape index (κ1) is 34.8. The van der Waals surface area contributed by atoms with Crippen molar-refractivity contribution in [3.63, 3.8) is 0 Å². The average molecular weight is 596 g/mol. The lowest BCUT2D eigenvalue weighted by Crippen LogP contribution is -2.60. The maximum Gasteiger partial charge on any atom is 0.322 e. The number of ether oxygens (including phenoxy) is 1. The first-order valence-electron chi connectivity index (χ1n) is 14.2. The van der Waals surface area contributed by atoms with Crippen LogP contribution in [0.1, 0.15) is 52.4 Å². The smallest absolute Gasteiger partial charge is 0.322 e. The summed E-state index contributed by atoms with van der Waals surface area (Å²) in [7, 11) is 0. The van der Waals surface area contributed by atoms with Crippen LogP contribution in [0, 0.1) is 4.91 Å². The zero-order chi connectivity index (χ0) is 31.1. The highest BCUT2D eigenvalue weighted by atomic mass is 16.6. The monoisotopic (exact) mass is 595 g/mol. The average Bonchev–Trinajstić information content (AvgIpc) is 2.99. The summed E-state index contributed by atoms with van der Waals surface area (Å²) < 4.78 is 6.46. The summed E-state index contributed by atoms with van der Waals surface area (Å²) in [5.74, 6) is -0.176. The predicted octanol–water partition coefficient (Wildman–Crippen LogP) is 0.948. The summed E-state index contributed by atoms with van der Waals surface area (Å²) in [6.45, 7) is 5.20. The van der Waals surface area contributed by atoms with Gasteiger partial charge in [0.15, 0.2) is 16.3 Å². The summed E-state index contributed by atoms with van der Waals surface area (Å²) in [6, 6.07) is 6.43. The molecule has 0 amide bonds. The Hall–Kier alpha value is -3.37. The third-order valence-electron chi connectivity index (χ3n) is 6.69. The number of hydrogen-bond acceptors (Lipinski definition) is 12. The van der Waals surface area contributed by atoms with Crippen molar-refractivity contribution in [1.82, 2.24) is 14.7 Å². The summed E-state index contributed by atoms with van der Waals surface area (Å²) in [5.41, 5.74) is 8.83. The van der Waals surface area contributed by atoms with Crippen LogP contribution >= 0.6 is 0 Å². The van der Waals surface area contributed by atoms with E-state index in [-0.39, 0.29) is 48.8 Å². The number of fused-ring (bicyclic) bond motifs is 1. The zero-order valence-corrected chi connectivity index (χ0v) is 24.1. The van der Waals surface area contributed by atoms with E-state index >= 15 is 0 Å². The van der Waals surface area contributed by atoms with Crippen LogP contribution < -0.4 is 9.86 Å². The standard InChI is InChI=1S/C24H37N8O8.C2H6/c25-29-27-12-5-1-2-6-13-30(15-19-20(34)21(35)22(36)23(37)40-19)14-16(33)8-7-11-26-24-28-32(39)18-10-4-3-9-17(18)31(24)38;1-2/h3-4,9-10,19-23,34-38H,1-2,5-8,11-15H2,(H,26,28,39);1-2H3/q+1;/t19?,20-,21+,22?,23-;/m1./s1. The van der Waals surface area contributed by atoms with E-state index in [2.05, 4.69) is 20.4 Å². The van der Waals surface area contributed by atoms with E-state index in [0.29, 0.717) is 30.5 Å². The molecule has 2 heterocycles. The lowest BCUT2D eigenvalue weighted by molar-refractivity contribution is -0.535. The summed E-state index contributed by atoms with van der Waals surface area (Å²) in [4.78, 5) is 29.4. The SMILES string of the molecule is CC.[N-]=[N+]=NCCCCCCN(CC(=O)CCCNc1n[n+](=O)c2ccccc2n1O)CC1O[C@@H](O)C(O)[C@@H](O)[C@@H]1O. The Balaban J connectivity index is 0.00000301. The van der Waals surface area contributed by atoms with E-state index in [0.717, 1.165) is 24.0 Å². The number of rotatable bonds is 16. The molecule has 2 aromatic rings. The molecule has 1 aliphatic heterocycles. The van der Waals surface area contributed by atoms with Gasteiger partial charge in [0.2, 0.25) is 0 Å². The van der Waals surface area contributed by atoms with E-state index < -0.39 is 30.7 Å². The number of ketones is 1. The molecule has 5 atom stereocenters. The third-order valence-corrected chi connectivity index (χ3v) is 6.69. The van der Waals surface area contributed by atoms with Gasteiger partial charge >= 0.3 is 11.5 Å². The van der Waals surface area contributed by atoms with Crippen molar-refractivity contribution < 1.29 is 39.7 Å². The second kappa shape index (κ2) is 18.2. The van der Waals surface area contributed by atoms with E-state index in [4.69, 9.17) is 10.3 Å². The fourth-order valence-corrected chi connectivity index (χ4v) is 4.51. The minimum Gasteiger partial charge on any atom is -0.425 e. The van der Waals surface area contributed by atoms with Crippen LogP contribution in [-0.4, -0.2) is 110 Å². The largest absolute Gasteiger partial charge is 0.425 e. The van der Waals surface area contributed by atoms with Gasteiger partial charge in [0.25, 0.3) is 0 Å². The summed E-state index contributed by atoms with van der Waals surface area (Å²) in [6.07, 6.45) is -3.74. The van der Waals surface area contributed by atoms with Crippen molar-refractivity contribution in [3.05, 3.63) is 39.6 Å². The molecular weight excluding hydrogens is 552 g/mol. The highest BCUT2D eigenvalue weighted by Gasteiger charge is 2.43. The fourth-order valence-electron chi connectivity index (χ4n) is 4.51. The normalized spacial score (nSPS) is 21.8. The maximum atomic E-state index is 12.8. The number of benzene rings is 1. The van der Waals surface area contributed by atoms with Gasteiger partial charge in [-0.3, -0.25) is 9.69 Å². The number of aliphatic hydroxyl groups excluding tert-OH is 4. The molecule has 2 unspecified atom stereocenters. The van der Waals surface area contributed by atoms with E-state index in [1.54, 1.807) is 23.1 Å². The molecule has 3 rings (SSSR count). The summed E-state index contributed by atoms with van der Waals surface area (Å²) in [5, 5.41) is 60.4. The van der Waals surface area contributed by atoms with E-state index in [9.17, 15) is 35.3 Å². The van der Waals surface area contributed by atoms with Crippen LogP contribution in [0.4, 0.5) is 5.95 Å². The van der Waals surface area contributed by atoms with E-state index in [1.807, 2.05) is 13.8 Å². The highest BCUT2D eigenvalue weighted by Crippen LogP contribution is 2.21. The van der Waals surface area contributed by atoms with Gasteiger partial charge in [0.1, 0.15) is 30.2 Å². The molecule has 1 aromatic carbocycles. The molecule has 0 spiro atoms. The lowest BCUT2D eigenvalue weighted by atomic mass is 9.98. The van der Waals surface area contributed by atoms with Crippen molar-refractivity contribution in [2.24, 2.45) is 5.11 Å². The molecular formula is C26H43N8O8+. The molecule has 0 aliphatic carbocycles. The second-order valence-electron chi connectivity index (χ2n) is 9.71. The number of aromatic nitrogens is 3. The number of hydrogen-bond donors (Lipinski definition) is 6. The molecule has 6 N–H and O–H groups in total. The van der Waals surface area contributed by atoms with Crippen LogP contribution in [0.3, 0.4) is 0 Å². The number of nitrogens with zero attached hydrogens (tertiary/aromatic N) is 7. The second-order valence-corrected chi connectivity index (χ2v) is 9.71. The van der Waals surface area contributed by atoms with Crippen LogP contribution in [0.5, 0.6) is 0 Å². The van der Waals surface area contributed by atoms with Gasteiger partial charge in [-0.2, -0.15) is 0 Å². The highest BCUT2D eigenvalue weighted by molar-refractivity contribution is 5.80. The Bertz CT molecular complexity index is 1220. The maximum absolute atomic E-state index is 12.8. The Kier molecular flexibility index (Phi) is 15.1. The van der Waals surface area contributed by atoms with Crippen molar-refractivity contribution in [2.75, 3.05) is 38.0 Å². The topological polar surface area (TPSA) is 232 Å². The Morgan fingerprint density at radius 3 is 2.57 bits per heavy atom. The minimum atomic E-state index is -1.67.